The van der Waals surface area contributed by atoms with E-state index in [-0.39, 0.29) is 6.04 Å². The predicted octanol–water partition coefficient (Wildman–Crippen LogP) is 5.72. The zero-order valence-electron chi connectivity index (χ0n) is 21.7. The second-order valence-electron chi connectivity index (χ2n) is 10.2. The topological polar surface area (TPSA) is 114 Å². The highest BCUT2D eigenvalue weighted by Gasteiger charge is 2.51. The number of aryl methyl sites for hydroxylation is 1. The van der Waals surface area contributed by atoms with Gasteiger partial charge in [0.25, 0.3) is 0 Å². The second-order valence-corrected chi connectivity index (χ2v) is 10.2. The summed E-state index contributed by atoms with van der Waals surface area (Å²) in [4.78, 5) is 11.6. The van der Waals surface area contributed by atoms with Crippen molar-refractivity contribution in [3.05, 3.63) is 113 Å². The number of aliphatic hydroxyl groups excluding tert-OH is 1. The molecule has 8 heteroatoms. The Bertz CT molecular complexity index is 1620. The first-order chi connectivity index (χ1) is 18.9. The molecule has 3 aromatic carbocycles. The Labute approximate surface area is 225 Å². The van der Waals surface area contributed by atoms with Gasteiger partial charge in [0, 0.05) is 5.56 Å². The summed E-state index contributed by atoms with van der Waals surface area (Å²) >= 11 is 0. The zero-order chi connectivity index (χ0) is 27.1. The Hall–Kier alpha value is -4.56. The van der Waals surface area contributed by atoms with Crippen molar-refractivity contribution in [1.82, 2.24) is 20.2 Å². The molecule has 1 fully saturated rings. The Kier molecular flexibility index (Phi) is 6.12. The molecule has 0 aliphatic heterocycles. The van der Waals surface area contributed by atoms with E-state index in [1.807, 2.05) is 85.8 Å². The van der Waals surface area contributed by atoms with Crippen molar-refractivity contribution in [2.24, 2.45) is 0 Å². The van der Waals surface area contributed by atoms with Crippen LogP contribution in [0.2, 0.25) is 0 Å². The molecule has 1 aliphatic carbocycles. The van der Waals surface area contributed by atoms with Gasteiger partial charge in [0.15, 0.2) is 5.76 Å². The average molecular weight is 521 g/mol. The maximum Gasteiger partial charge on any atom is 0.314 e. The summed E-state index contributed by atoms with van der Waals surface area (Å²) in [6.45, 7) is 3.82. The number of aliphatic hydroxyl groups is 1. The molecular formula is C31H28N4O4. The summed E-state index contributed by atoms with van der Waals surface area (Å²) in [5.41, 5.74) is 5.52. The first kappa shape index (κ1) is 24.8. The van der Waals surface area contributed by atoms with E-state index in [1.54, 1.807) is 17.8 Å². The molecule has 0 unspecified atom stereocenters. The largest absolute Gasteiger partial charge is 0.481 e. The highest BCUT2D eigenvalue weighted by atomic mass is 16.5. The van der Waals surface area contributed by atoms with Crippen LogP contribution in [0.5, 0.6) is 0 Å². The highest BCUT2D eigenvalue weighted by Crippen LogP contribution is 2.48. The van der Waals surface area contributed by atoms with Gasteiger partial charge in [0.2, 0.25) is 0 Å². The molecule has 2 heterocycles. The Morgan fingerprint density at radius 2 is 1.56 bits per heavy atom. The lowest BCUT2D eigenvalue weighted by molar-refractivity contribution is -0.140. The number of carbonyl (C=O) groups is 1. The number of hydrogen-bond donors (Lipinski definition) is 2. The van der Waals surface area contributed by atoms with Crippen molar-refractivity contribution < 1.29 is 19.5 Å². The first-order valence-electron chi connectivity index (χ1n) is 12.9. The third-order valence-electron chi connectivity index (χ3n) is 7.75. The Morgan fingerprint density at radius 3 is 2.18 bits per heavy atom. The fraction of sp³-hybridized carbons (Fsp3) is 0.226. The standard InChI is InChI=1S/C31H28N4O4/c1-19-27(28(36)26-18-35(34-32-26)20(2)21-6-4-3-5-7-21)29(39-33-19)24-10-8-22(9-11-24)23-12-14-25(15-13-23)31(16-17-31)30(37)38/h3-15,18,20,28,36H,16-17H2,1-2H3,(H,37,38)/t20-,28+/m1/s1. The Morgan fingerprint density at radius 1 is 0.949 bits per heavy atom. The van der Waals surface area contributed by atoms with Crippen molar-refractivity contribution in [2.45, 2.75) is 44.2 Å². The number of hydrogen-bond acceptors (Lipinski definition) is 6. The van der Waals surface area contributed by atoms with E-state index in [0.29, 0.717) is 35.6 Å². The number of benzene rings is 3. The normalized spacial score (nSPS) is 15.6. The Balaban J connectivity index is 1.24. The predicted molar refractivity (Wildman–Crippen MR) is 145 cm³/mol. The van der Waals surface area contributed by atoms with Crippen LogP contribution in [0.25, 0.3) is 22.5 Å². The van der Waals surface area contributed by atoms with E-state index in [0.717, 1.165) is 27.8 Å². The lowest BCUT2D eigenvalue weighted by Gasteiger charge is -2.12. The van der Waals surface area contributed by atoms with E-state index >= 15 is 0 Å². The van der Waals surface area contributed by atoms with Crippen LogP contribution >= 0.6 is 0 Å². The van der Waals surface area contributed by atoms with Gasteiger partial charge < -0.3 is 14.7 Å². The van der Waals surface area contributed by atoms with Gasteiger partial charge in [-0.15, -0.1) is 5.10 Å². The summed E-state index contributed by atoms with van der Waals surface area (Å²) < 4.78 is 7.39. The van der Waals surface area contributed by atoms with Gasteiger partial charge in [-0.25, -0.2) is 4.68 Å². The number of carboxylic acid groups (broad SMARTS) is 1. The smallest absolute Gasteiger partial charge is 0.314 e. The number of aliphatic carboxylic acids is 1. The third-order valence-corrected chi connectivity index (χ3v) is 7.75. The van der Waals surface area contributed by atoms with Crippen LogP contribution in [0.3, 0.4) is 0 Å². The van der Waals surface area contributed by atoms with Crippen molar-refractivity contribution >= 4 is 5.97 Å². The molecule has 1 saturated carbocycles. The van der Waals surface area contributed by atoms with Crippen LogP contribution in [0.15, 0.2) is 89.6 Å². The average Bonchev–Trinajstić information content (AvgIpc) is 3.48. The van der Waals surface area contributed by atoms with E-state index in [4.69, 9.17) is 4.52 Å². The molecule has 0 amide bonds. The minimum Gasteiger partial charge on any atom is -0.481 e. The van der Waals surface area contributed by atoms with Gasteiger partial charge in [0.1, 0.15) is 11.8 Å². The van der Waals surface area contributed by atoms with Crippen molar-refractivity contribution in [2.75, 3.05) is 0 Å². The molecule has 6 rings (SSSR count). The third kappa shape index (κ3) is 4.42. The van der Waals surface area contributed by atoms with Gasteiger partial charge >= 0.3 is 5.97 Å². The van der Waals surface area contributed by atoms with Gasteiger partial charge in [-0.05, 0) is 48.9 Å². The van der Waals surface area contributed by atoms with Crippen molar-refractivity contribution in [1.29, 1.82) is 0 Å². The fourth-order valence-corrected chi connectivity index (χ4v) is 5.09. The molecule has 1 aliphatic rings. The molecule has 0 radical (unpaired) electrons. The maximum atomic E-state index is 11.6. The minimum absolute atomic E-state index is 0.0387. The summed E-state index contributed by atoms with van der Waals surface area (Å²) in [7, 11) is 0. The molecule has 2 aromatic heterocycles. The fourth-order valence-electron chi connectivity index (χ4n) is 5.09. The van der Waals surface area contributed by atoms with Crippen LogP contribution in [0.1, 0.15) is 60.0 Å². The number of rotatable bonds is 8. The van der Waals surface area contributed by atoms with Gasteiger partial charge in [0.05, 0.1) is 28.9 Å². The molecule has 5 aromatic rings. The SMILES string of the molecule is Cc1noc(-c2ccc(-c3ccc(C4(C(=O)O)CC4)cc3)cc2)c1[C@@H](O)c1cn([C@H](C)c2ccccc2)nn1. The molecule has 196 valence electrons. The quantitative estimate of drug-likeness (QED) is 0.269. The van der Waals surface area contributed by atoms with Crippen LogP contribution in [-0.4, -0.2) is 36.3 Å². The zero-order valence-corrected chi connectivity index (χ0v) is 21.7. The summed E-state index contributed by atoms with van der Waals surface area (Å²) in [6.07, 6.45) is 2.06. The molecule has 39 heavy (non-hydrogen) atoms. The lowest BCUT2D eigenvalue weighted by Crippen LogP contribution is -2.19. The van der Waals surface area contributed by atoms with Gasteiger partial charge in [-0.1, -0.05) is 89.2 Å². The molecule has 0 saturated heterocycles. The van der Waals surface area contributed by atoms with Gasteiger partial charge in [-0.2, -0.15) is 0 Å². The van der Waals surface area contributed by atoms with E-state index in [2.05, 4.69) is 15.5 Å². The molecule has 8 nitrogen and oxygen atoms in total. The molecule has 0 spiro atoms. The summed E-state index contributed by atoms with van der Waals surface area (Å²) in [5.74, 6) is -0.280. The molecular weight excluding hydrogens is 492 g/mol. The second kappa shape index (κ2) is 9.63. The van der Waals surface area contributed by atoms with Crippen molar-refractivity contribution in [3.63, 3.8) is 0 Å². The molecule has 0 bridgehead atoms. The number of nitrogens with zero attached hydrogens (tertiary/aromatic N) is 4. The van der Waals surface area contributed by atoms with Crippen LogP contribution in [0.4, 0.5) is 0 Å². The maximum absolute atomic E-state index is 11.6. The van der Waals surface area contributed by atoms with Crippen LogP contribution < -0.4 is 0 Å². The molecule has 2 atom stereocenters. The highest BCUT2D eigenvalue weighted by molar-refractivity contribution is 5.85. The van der Waals surface area contributed by atoms with E-state index in [1.165, 1.54) is 0 Å². The van der Waals surface area contributed by atoms with Crippen molar-refractivity contribution in [3.8, 4) is 22.5 Å². The van der Waals surface area contributed by atoms with E-state index < -0.39 is 17.5 Å². The summed E-state index contributed by atoms with van der Waals surface area (Å²) in [6, 6.07) is 25.5. The number of aromatic nitrogens is 4. The molecule has 2 N–H and O–H groups in total. The summed E-state index contributed by atoms with van der Waals surface area (Å²) in [5, 5.41) is 33.5. The van der Waals surface area contributed by atoms with Crippen LogP contribution in [0, 0.1) is 6.92 Å². The van der Waals surface area contributed by atoms with Gasteiger partial charge in [-0.3, -0.25) is 4.79 Å². The number of carboxylic acids is 1. The monoisotopic (exact) mass is 520 g/mol. The lowest BCUT2D eigenvalue weighted by atomic mass is 9.93. The van der Waals surface area contributed by atoms with Crippen LogP contribution in [-0.2, 0) is 10.2 Å². The minimum atomic E-state index is -1.06. The first-order valence-corrected chi connectivity index (χ1v) is 12.9. The van der Waals surface area contributed by atoms with E-state index in [9.17, 15) is 15.0 Å².